The Morgan fingerprint density at radius 1 is 1.26 bits per heavy atom. The third-order valence-electron chi connectivity index (χ3n) is 3.49. The van der Waals surface area contributed by atoms with Crippen molar-refractivity contribution in [2.24, 2.45) is 0 Å². The highest BCUT2D eigenvalue weighted by atomic mass is 16.2. The topological polar surface area (TPSA) is 70.2 Å². The first-order chi connectivity index (χ1) is 9.13. The van der Waals surface area contributed by atoms with Crippen molar-refractivity contribution >= 4 is 11.8 Å². The van der Waals surface area contributed by atoms with Gasteiger partial charge in [0, 0.05) is 31.5 Å². The number of amides is 2. The quantitative estimate of drug-likeness (QED) is 0.644. The van der Waals surface area contributed by atoms with Crippen LogP contribution in [0.15, 0.2) is 0 Å². The number of carbonyl (C=O) groups excluding carboxylic acids is 2. The Morgan fingerprint density at radius 3 is 2.68 bits per heavy atom. The Hall–Kier alpha value is -1.10. The van der Waals surface area contributed by atoms with Gasteiger partial charge in [-0.3, -0.25) is 9.59 Å². The van der Waals surface area contributed by atoms with Gasteiger partial charge in [-0.15, -0.1) is 0 Å². The largest absolute Gasteiger partial charge is 0.356 e. The molecule has 5 nitrogen and oxygen atoms in total. The van der Waals surface area contributed by atoms with E-state index >= 15 is 0 Å². The van der Waals surface area contributed by atoms with Crippen LogP contribution >= 0.6 is 0 Å². The maximum atomic E-state index is 11.8. The van der Waals surface area contributed by atoms with Crippen LogP contribution in [0.3, 0.4) is 0 Å². The van der Waals surface area contributed by atoms with Crippen LogP contribution in [0.1, 0.15) is 52.4 Å². The molecule has 1 aliphatic heterocycles. The first kappa shape index (κ1) is 16.0. The first-order valence-corrected chi connectivity index (χ1v) is 7.43. The summed E-state index contributed by atoms with van der Waals surface area (Å²) in [7, 11) is 0. The van der Waals surface area contributed by atoms with Crippen molar-refractivity contribution in [1.82, 2.24) is 16.0 Å². The van der Waals surface area contributed by atoms with Crippen molar-refractivity contribution in [3.63, 3.8) is 0 Å². The Kier molecular flexibility index (Phi) is 7.48. The van der Waals surface area contributed by atoms with Gasteiger partial charge in [0.15, 0.2) is 0 Å². The summed E-state index contributed by atoms with van der Waals surface area (Å²) >= 11 is 0. The van der Waals surface area contributed by atoms with Gasteiger partial charge in [-0.1, -0.05) is 6.92 Å². The maximum absolute atomic E-state index is 11.8. The number of carbonyl (C=O) groups is 2. The Labute approximate surface area is 115 Å². The van der Waals surface area contributed by atoms with E-state index in [0.29, 0.717) is 25.3 Å². The Balaban J connectivity index is 2.12. The fourth-order valence-corrected chi connectivity index (χ4v) is 2.28. The summed E-state index contributed by atoms with van der Waals surface area (Å²) in [5.74, 6) is 0.103. The Bertz CT molecular complexity index is 294. The molecule has 2 atom stereocenters. The van der Waals surface area contributed by atoms with Gasteiger partial charge in [-0.05, 0) is 39.2 Å². The zero-order valence-corrected chi connectivity index (χ0v) is 12.1. The lowest BCUT2D eigenvalue weighted by atomic mass is 9.99. The highest BCUT2D eigenvalue weighted by Crippen LogP contribution is 2.08. The molecule has 0 radical (unpaired) electrons. The first-order valence-electron chi connectivity index (χ1n) is 7.43. The van der Waals surface area contributed by atoms with Crippen LogP contribution in [-0.2, 0) is 9.59 Å². The second kappa shape index (κ2) is 8.91. The molecule has 1 fully saturated rings. The van der Waals surface area contributed by atoms with Crippen molar-refractivity contribution in [2.75, 3.05) is 13.1 Å². The summed E-state index contributed by atoms with van der Waals surface area (Å²) in [5.41, 5.74) is 0. The van der Waals surface area contributed by atoms with Crippen LogP contribution in [-0.4, -0.2) is 37.0 Å². The van der Waals surface area contributed by atoms with Gasteiger partial charge in [0.2, 0.25) is 11.8 Å². The number of hydrogen-bond donors (Lipinski definition) is 3. The van der Waals surface area contributed by atoms with Crippen molar-refractivity contribution in [3.8, 4) is 0 Å². The lowest BCUT2D eigenvalue weighted by Gasteiger charge is -2.30. The molecule has 3 N–H and O–H groups in total. The molecule has 1 rings (SSSR count). The van der Waals surface area contributed by atoms with E-state index in [1.165, 1.54) is 0 Å². The average molecular weight is 269 g/mol. The zero-order valence-electron chi connectivity index (χ0n) is 12.1. The molecule has 0 aromatic rings. The van der Waals surface area contributed by atoms with Gasteiger partial charge in [0.25, 0.3) is 0 Å². The van der Waals surface area contributed by atoms with Gasteiger partial charge in [0.1, 0.15) is 0 Å². The van der Waals surface area contributed by atoms with Gasteiger partial charge < -0.3 is 16.0 Å². The number of piperidine rings is 1. The number of hydrogen-bond acceptors (Lipinski definition) is 3. The highest BCUT2D eigenvalue weighted by molar-refractivity contribution is 5.79. The van der Waals surface area contributed by atoms with E-state index in [1.54, 1.807) is 0 Å². The molecule has 1 heterocycles. The third kappa shape index (κ3) is 6.57. The average Bonchev–Trinajstić information content (AvgIpc) is 2.39. The molecule has 1 saturated heterocycles. The van der Waals surface area contributed by atoms with Crippen LogP contribution in [0.2, 0.25) is 0 Å². The predicted octanol–water partition coefficient (Wildman–Crippen LogP) is 0.940. The van der Waals surface area contributed by atoms with Gasteiger partial charge in [-0.25, -0.2) is 0 Å². The molecule has 1 aliphatic rings. The molecule has 5 heteroatoms. The third-order valence-corrected chi connectivity index (χ3v) is 3.49. The molecular formula is C14H27N3O2. The molecule has 2 unspecified atom stereocenters. The summed E-state index contributed by atoms with van der Waals surface area (Å²) < 4.78 is 0. The van der Waals surface area contributed by atoms with E-state index in [0.717, 1.165) is 32.4 Å². The standard InChI is InChI=1S/C14H27N3O2/c1-3-9-16-13(18)7-4-8-14(19)17-12-6-5-10-15-11(12)2/h11-12,15H,3-10H2,1-2H3,(H,16,18)(H,17,19). The van der Waals surface area contributed by atoms with Crippen molar-refractivity contribution in [2.45, 2.75) is 64.5 Å². The Morgan fingerprint density at radius 2 is 2.00 bits per heavy atom. The summed E-state index contributed by atoms with van der Waals surface area (Å²) in [4.78, 5) is 23.2. The van der Waals surface area contributed by atoms with Crippen LogP contribution in [0.25, 0.3) is 0 Å². The lowest BCUT2D eigenvalue weighted by Crippen LogP contribution is -2.51. The van der Waals surface area contributed by atoms with E-state index in [2.05, 4.69) is 22.9 Å². The van der Waals surface area contributed by atoms with Crippen LogP contribution < -0.4 is 16.0 Å². The molecule has 0 aromatic carbocycles. The highest BCUT2D eigenvalue weighted by Gasteiger charge is 2.21. The molecule has 19 heavy (non-hydrogen) atoms. The second-order valence-electron chi connectivity index (χ2n) is 5.26. The minimum absolute atomic E-state index is 0.0438. The molecule has 0 bridgehead atoms. The van der Waals surface area contributed by atoms with E-state index in [1.807, 2.05) is 6.92 Å². The van der Waals surface area contributed by atoms with Crippen LogP contribution in [0.4, 0.5) is 0 Å². The van der Waals surface area contributed by atoms with E-state index < -0.39 is 0 Å². The molecule has 0 saturated carbocycles. The molecular weight excluding hydrogens is 242 g/mol. The van der Waals surface area contributed by atoms with Gasteiger partial charge in [0.05, 0.1) is 0 Å². The number of nitrogens with one attached hydrogen (secondary N) is 3. The fourth-order valence-electron chi connectivity index (χ4n) is 2.28. The minimum Gasteiger partial charge on any atom is -0.356 e. The summed E-state index contributed by atoms with van der Waals surface area (Å²) in [5, 5.41) is 9.22. The monoisotopic (exact) mass is 269 g/mol. The van der Waals surface area contributed by atoms with Gasteiger partial charge >= 0.3 is 0 Å². The molecule has 0 aromatic heterocycles. The van der Waals surface area contributed by atoms with Crippen LogP contribution in [0.5, 0.6) is 0 Å². The van der Waals surface area contributed by atoms with E-state index in [4.69, 9.17) is 0 Å². The molecule has 110 valence electrons. The fraction of sp³-hybridized carbons (Fsp3) is 0.857. The predicted molar refractivity (Wildman–Crippen MR) is 75.8 cm³/mol. The summed E-state index contributed by atoms with van der Waals surface area (Å²) in [6.45, 7) is 5.87. The smallest absolute Gasteiger partial charge is 0.220 e. The molecule has 0 aliphatic carbocycles. The second-order valence-corrected chi connectivity index (χ2v) is 5.26. The minimum atomic E-state index is 0.0438. The van der Waals surface area contributed by atoms with Gasteiger partial charge in [-0.2, -0.15) is 0 Å². The van der Waals surface area contributed by atoms with Crippen molar-refractivity contribution in [1.29, 1.82) is 0 Å². The SMILES string of the molecule is CCCNC(=O)CCCC(=O)NC1CCCNC1C. The van der Waals surface area contributed by atoms with E-state index in [9.17, 15) is 9.59 Å². The van der Waals surface area contributed by atoms with Crippen LogP contribution in [0, 0.1) is 0 Å². The maximum Gasteiger partial charge on any atom is 0.220 e. The van der Waals surface area contributed by atoms with E-state index in [-0.39, 0.29) is 17.9 Å². The summed E-state index contributed by atoms with van der Waals surface area (Å²) in [6, 6.07) is 0.570. The molecule has 0 spiro atoms. The lowest BCUT2D eigenvalue weighted by molar-refractivity contribution is -0.123. The normalized spacial score (nSPS) is 22.8. The zero-order chi connectivity index (χ0) is 14.1. The molecule has 2 amide bonds. The summed E-state index contributed by atoms with van der Waals surface area (Å²) in [6.07, 6.45) is 4.58. The van der Waals surface area contributed by atoms with Crippen molar-refractivity contribution in [3.05, 3.63) is 0 Å². The number of rotatable bonds is 7. The van der Waals surface area contributed by atoms with Crippen molar-refractivity contribution < 1.29 is 9.59 Å².